The predicted octanol–water partition coefficient (Wildman–Crippen LogP) is -0.381. The highest BCUT2D eigenvalue weighted by Gasteiger charge is 1.91. The van der Waals surface area contributed by atoms with E-state index in [1.54, 1.807) is 0 Å². The van der Waals surface area contributed by atoms with Gasteiger partial charge in [-0.3, -0.25) is 5.43 Å². The van der Waals surface area contributed by atoms with Crippen LogP contribution in [0.3, 0.4) is 0 Å². The van der Waals surface area contributed by atoms with Crippen molar-refractivity contribution in [2.45, 2.75) is 0 Å². The Morgan fingerprint density at radius 3 is 2.83 bits per heavy atom. The van der Waals surface area contributed by atoms with Crippen molar-refractivity contribution in [2.75, 3.05) is 13.2 Å². The lowest BCUT2D eigenvalue weighted by atomic mass is 10.7. The molecule has 1 heterocycles. The molecule has 2 N–H and O–H groups in total. The number of hydrogen-bond acceptors (Lipinski definition) is 3. The van der Waals surface area contributed by atoms with Crippen LogP contribution in [-0.4, -0.2) is 13.2 Å². The fraction of sp³-hybridized carbons (Fsp3) is 1.00. The zero-order valence-electron chi connectivity index (χ0n) is 3.32. The molecule has 1 unspecified atom stereocenters. The second-order valence-corrected chi connectivity index (χ2v) is 1.75. The molecular formula is C2H7N2OP. The first-order chi connectivity index (χ1) is 3.00. The lowest BCUT2D eigenvalue weighted by Gasteiger charge is -2.11. The van der Waals surface area contributed by atoms with Crippen LogP contribution in [0.2, 0.25) is 0 Å². The summed E-state index contributed by atoms with van der Waals surface area (Å²) in [4.78, 5) is 0. The van der Waals surface area contributed by atoms with E-state index in [1.165, 1.54) is 0 Å². The zero-order chi connectivity index (χ0) is 4.24. The molecular weight excluding hydrogens is 99.0 g/mol. The van der Waals surface area contributed by atoms with Gasteiger partial charge in [0.25, 0.3) is 0 Å². The molecule has 0 aliphatic carbocycles. The molecule has 0 amide bonds. The molecule has 4 heteroatoms. The van der Waals surface area contributed by atoms with Gasteiger partial charge in [-0.1, -0.05) is 0 Å². The van der Waals surface area contributed by atoms with E-state index < -0.39 is 0 Å². The Morgan fingerprint density at radius 1 is 1.67 bits per heavy atom. The maximum Gasteiger partial charge on any atom is 0.100 e. The number of nitrogens with one attached hydrogen (secondary N) is 2. The number of rotatable bonds is 0. The van der Waals surface area contributed by atoms with Crippen molar-refractivity contribution in [3.63, 3.8) is 0 Å². The first kappa shape index (κ1) is 4.47. The standard InChI is InChI=1S/C2H7N2OP/c1-2-5-6-4-3-1/h3-4,6H,1-2H2. The molecule has 0 spiro atoms. The van der Waals surface area contributed by atoms with E-state index in [2.05, 4.69) is 10.6 Å². The monoisotopic (exact) mass is 106 g/mol. The maximum absolute atomic E-state index is 4.92. The minimum Gasteiger partial charge on any atom is -0.344 e. The minimum atomic E-state index is 0.441. The fourth-order valence-electron chi connectivity index (χ4n) is 0.288. The largest absolute Gasteiger partial charge is 0.344 e. The summed E-state index contributed by atoms with van der Waals surface area (Å²) in [6, 6.07) is 0. The van der Waals surface area contributed by atoms with E-state index in [1.807, 2.05) is 0 Å². The first-order valence-electron chi connectivity index (χ1n) is 1.85. The Balaban J connectivity index is 2.00. The molecule has 3 nitrogen and oxygen atoms in total. The fourth-order valence-corrected chi connectivity index (χ4v) is 0.761. The first-order valence-corrected chi connectivity index (χ1v) is 2.75. The summed E-state index contributed by atoms with van der Waals surface area (Å²) in [7, 11) is 0.441. The van der Waals surface area contributed by atoms with Crippen molar-refractivity contribution < 1.29 is 4.52 Å². The van der Waals surface area contributed by atoms with Crippen LogP contribution in [0.25, 0.3) is 0 Å². The van der Waals surface area contributed by atoms with Crippen LogP contribution >= 0.6 is 8.96 Å². The van der Waals surface area contributed by atoms with E-state index in [0.29, 0.717) is 8.96 Å². The van der Waals surface area contributed by atoms with Crippen LogP contribution in [0.4, 0.5) is 0 Å². The van der Waals surface area contributed by atoms with E-state index in [9.17, 15) is 0 Å². The summed E-state index contributed by atoms with van der Waals surface area (Å²) in [6.45, 7) is 1.76. The molecule has 0 aromatic rings. The third-order valence-electron chi connectivity index (χ3n) is 0.541. The van der Waals surface area contributed by atoms with E-state index in [-0.39, 0.29) is 0 Å². The summed E-state index contributed by atoms with van der Waals surface area (Å²) in [5.74, 6) is 0. The molecule has 0 saturated carbocycles. The van der Waals surface area contributed by atoms with Gasteiger partial charge in [0.05, 0.1) is 6.61 Å². The predicted molar refractivity (Wildman–Crippen MR) is 25.4 cm³/mol. The summed E-state index contributed by atoms with van der Waals surface area (Å²) in [5, 5.41) is 2.84. The number of hydrazine groups is 1. The van der Waals surface area contributed by atoms with Crippen molar-refractivity contribution >= 4 is 8.96 Å². The molecule has 0 radical (unpaired) electrons. The Labute approximate surface area is 38.3 Å². The molecule has 0 aromatic carbocycles. The molecule has 36 valence electrons. The quantitative estimate of drug-likeness (QED) is 0.413. The van der Waals surface area contributed by atoms with E-state index in [4.69, 9.17) is 4.52 Å². The average molecular weight is 106 g/mol. The third-order valence-corrected chi connectivity index (χ3v) is 1.17. The highest BCUT2D eigenvalue weighted by Crippen LogP contribution is 2.03. The van der Waals surface area contributed by atoms with Crippen molar-refractivity contribution in [3.8, 4) is 0 Å². The van der Waals surface area contributed by atoms with Gasteiger partial charge in [-0.05, 0) is 0 Å². The van der Waals surface area contributed by atoms with Gasteiger partial charge in [0.15, 0.2) is 0 Å². The molecule has 0 aromatic heterocycles. The molecule has 6 heavy (non-hydrogen) atoms. The Bertz CT molecular complexity index is 27.0. The van der Waals surface area contributed by atoms with Gasteiger partial charge < -0.3 is 4.52 Å². The van der Waals surface area contributed by atoms with Crippen molar-refractivity contribution in [1.29, 1.82) is 0 Å². The van der Waals surface area contributed by atoms with Gasteiger partial charge in [0.2, 0.25) is 0 Å². The Hall–Kier alpha value is 0.310. The normalized spacial score (nSPS) is 28.0. The summed E-state index contributed by atoms with van der Waals surface area (Å²) in [6.07, 6.45) is 0. The van der Waals surface area contributed by atoms with Gasteiger partial charge >= 0.3 is 0 Å². The average Bonchev–Trinajstić information content (AvgIpc) is 1.72. The summed E-state index contributed by atoms with van der Waals surface area (Å²) < 4.78 is 4.92. The van der Waals surface area contributed by atoms with Crippen molar-refractivity contribution in [3.05, 3.63) is 0 Å². The van der Waals surface area contributed by atoms with Crippen LogP contribution < -0.4 is 10.6 Å². The van der Waals surface area contributed by atoms with Gasteiger partial charge in [-0.2, -0.15) is 0 Å². The van der Waals surface area contributed by atoms with Crippen LogP contribution in [-0.2, 0) is 4.52 Å². The lowest BCUT2D eigenvalue weighted by Crippen LogP contribution is -2.32. The van der Waals surface area contributed by atoms with Crippen molar-refractivity contribution in [2.24, 2.45) is 0 Å². The van der Waals surface area contributed by atoms with Crippen LogP contribution in [0.1, 0.15) is 0 Å². The molecule has 1 aliphatic heterocycles. The molecule has 1 saturated heterocycles. The topological polar surface area (TPSA) is 33.3 Å². The minimum absolute atomic E-state index is 0.441. The second kappa shape index (κ2) is 2.48. The third kappa shape index (κ3) is 1.19. The molecule has 1 atom stereocenters. The Morgan fingerprint density at radius 2 is 2.67 bits per heavy atom. The van der Waals surface area contributed by atoms with Gasteiger partial charge in [0, 0.05) is 6.54 Å². The molecule has 1 fully saturated rings. The van der Waals surface area contributed by atoms with Crippen LogP contribution in [0.15, 0.2) is 0 Å². The zero-order valence-corrected chi connectivity index (χ0v) is 4.32. The van der Waals surface area contributed by atoms with Crippen molar-refractivity contribution in [1.82, 2.24) is 10.6 Å². The highest BCUT2D eigenvalue weighted by molar-refractivity contribution is 7.29. The van der Waals surface area contributed by atoms with Crippen LogP contribution in [0.5, 0.6) is 0 Å². The molecule has 1 rings (SSSR count). The van der Waals surface area contributed by atoms with Gasteiger partial charge in [-0.25, -0.2) is 5.20 Å². The SMILES string of the molecule is C1COPNN1. The van der Waals surface area contributed by atoms with Crippen LogP contribution in [0, 0.1) is 0 Å². The molecule has 0 bridgehead atoms. The highest BCUT2D eigenvalue weighted by atomic mass is 31.1. The Kier molecular flexibility index (Phi) is 1.85. The maximum atomic E-state index is 4.92. The van der Waals surface area contributed by atoms with E-state index in [0.717, 1.165) is 13.2 Å². The summed E-state index contributed by atoms with van der Waals surface area (Å²) in [5.41, 5.74) is 2.92. The lowest BCUT2D eigenvalue weighted by molar-refractivity contribution is 0.318. The van der Waals surface area contributed by atoms with Gasteiger partial charge in [0.1, 0.15) is 8.96 Å². The smallest absolute Gasteiger partial charge is 0.100 e. The van der Waals surface area contributed by atoms with E-state index >= 15 is 0 Å². The summed E-state index contributed by atoms with van der Waals surface area (Å²) >= 11 is 0. The molecule has 1 aliphatic rings. The van der Waals surface area contributed by atoms with Gasteiger partial charge in [-0.15, -0.1) is 0 Å². The number of hydrogen-bond donors (Lipinski definition) is 2. The second-order valence-electron chi connectivity index (χ2n) is 1.00.